The van der Waals surface area contributed by atoms with Gasteiger partial charge in [0.15, 0.2) is 0 Å². The SMILES string of the molecule is CCCc1nc(N)c(C)c(N2CCCCC2CO)n1. The molecule has 1 aliphatic heterocycles. The van der Waals surface area contributed by atoms with E-state index < -0.39 is 0 Å². The number of nitrogen functional groups attached to an aromatic ring is 1. The van der Waals surface area contributed by atoms with Crippen molar-refractivity contribution < 1.29 is 5.11 Å². The van der Waals surface area contributed by atoms with Crippen molar-refractivity contribution in [2.45, 2.75) is 52.0 Å². The summed E-state index contributed by atoms with van der Waals surface area (Å²) >= 11 is 0. The van der Waals surface area contributed by atoms with Crippen molar-refractivity contribution in [2.75, 3.05) is 23.8 Å². The van der Waals surface area contributed by atoms with E-state index in [0.717, 1.165) is 49.4 Å². The van der Waals surface area contributed by atoms with E-state index in [0.29, 0.717) is 5.82 Å². The van der Waals surface area contributed by atoms with Crippen LogP contribution in [0.1, 0.15) is 44.0 Å². The van der Waals surface area contributed by atoms with E-state index in [2.05, 4.69) is 21.8 Å². The van der Waals surface area contributed by atoms with Gasteiger partial charge in [0.25, 0.3) is 0 Å². The molecule has 1 fully saturated rings. The zero-order valence-electron chi connectivity index (χ0n) is 11.9. The summed E-state index contributed by atoms with van der Waals surface area (Å²) < 4.78 is 0. The molecule has 1 aromatic heterocycles. The van der Waals surface area contributed by atoms with Crippen molar-refractivity contribution in [1.29, 1.82) is 0 Å². The fourth-order valence-electron chi connectivity index (χ4n) is 2.65. The number of nitrogens with zero attached hydrogens (tertiary/aromatic N) is 3. The minimum atomic E-state index is 0.163. The molecule has 1 atom stereocenters. The van der Waals surface area contributed by atoms with E-state index in [4.69, 9.17) is 5.73 Å². The summed E-state index contributed by atoms with van der Waals surface area (Å²) in [5.74, 6) is 2.29. The molecule has 0 aliphatic carbocycles. The Morgan fingerprint density at radius 3 is 2.84 bits per heavy atom. The molecule has 0 bridgehead atoms. The molecule has 0 radical (unpaired) electrons. The molecule has 0 amide bonds. The first-order chi connectivity index (χ1) is 9.17. The van der Waals surface area contributed by atoms with Gasteiger partial charge in [0.1, 0.15) is 17.5 Å². The molecule has 5 nitrogen and oxygen atoms in total. The van der Waals surface area contributed by atoms with Gasteiger partial charge in [-0.3, -0.25) is 0 Å². The lowest BCUT2D eigenvalue weighted by molar-refractivity contribution is 0.239. The van der Waals surface area contributed by atoms with Gasteiger partial charge in [-0.05, 0) is 32.6 Å². The van der Waals surface area contributed by atoms with Crippen LogP contribution in [0.25, 0.3) is 0 Å². The number of aliphatic hydroxyl groups is 1. The number of piperidine rings is 1. The highest BCUT2D eigenvalue weighted by Gasteiger charge is 2.25. The van der Waals surface area contributed by atoms with Gasteiger partial charge in [0.2, 0.25) is 0 Å². The van der Waals surface area contributed by atoms with Crippen LogP contribution in [0.2, 0.25) is 0 Å². The van der Waals surface area contributed by atoms with Gasteiger partial charge in [-0.25, -0.2) is 9.97 Å². The Balaban J connectivity index is 2.35. The minimum Gasteiger partial charge on any atom is -0.394 e. The smallest absolute Gasteiger partial charge is 0.137 e. The molecule has 0 aromatic carbocycles. The fourth-order valence-corrected chi connectivity index (χ4v) is 2.65. The topological polar surface area (TPSA) is 75.3 Å². The third-order valence-corrected chi connectivity index (χ3v) is 3.79. The van der Waals surface area contributed by atoms with E-state index in [1.807, 2.05) is 6.92 Å². The van der Waals surface area contributed by atoms with E-state index in [9.17, 15) is 5.11 Å². The number of hydrogen-bond donors (Lipinski definition) is 2. The maximum absolute atomic E-state index is 9.54. The lowest BCUT2D eigenvalue weighted by Gasteiger charge is -2.36. The average molecular weight is 264 g/mol. The summed E-state index contributed by atoms with van der Waals surface area (Å²) in [5.41, 5.74) is 6.94. The molecule has 0 saturated carbocycles. The van der Waals surface area contributed by atoms with Crippen LogP contribution in [0.5, 0.6) is 0 Å². The van der Waals surface area contributed by atoms with Crippen LogP contribution < -0.4 is 10.6 Å². The first-order valence-corrected chi connectivity index (χ1v) is 7.17. The van der Waals surface area contributed by atoms with Crippen molar-refractivity contribution in [1.82, 2.24) is 9.97 Å². The molecule has 19 heavy (non-hydrogen) atoms. The van der Waals surface area contributed by atoms with E-state index in [-0.39, 0.29) is 12.6 Å². The van der Waals surface area contributed by atoms with E-state index in [1.165, 1.54) is 6.42 Å². The van der Waals surface area contributed by atoms with Crippen molar-refractivity contribution in [3.63, 3.8) is 0 Å². The predicted octanol–water partition coefficient (Wildman–Crippen LogP) is 1.67. The highest BCUT2D eigenvalue weighted by molar-refractivity contribution is 5.57. The van der Waals surface area contributed by atoms with Crippen LogP contribution in [0.15, 0.2) is 0 Å². The van der Waals surface area contributed by atoms with Crippen molar-refractivity contribution in [3.05, 3.63) is 11.4 Å². The molecule has 1 aliphatic rings. The van der Waals surface area contributed by atoms with Crippen LogP contribution in [0, 0.1) is 6.92 Å². The summed E-state index contributed by atoms with van der Waals surface area (Å²) in [5, 5.41) is 9.54. The van der Waals surface area contributed by atoms with Crippen molar-refractivity contribution >= 4 is 11.6 Å². The highest BCUT2D eigenvalue weighted by Crippen LogP contribution is 2.28. The van der Waals surface area contributed by atoms with Crippen LogP contribution in [-0.2, 0) is 6.42 Å². The van der Waals surface area contributed by atoms with Crippen LogP contribution in [0.4, 0.5) is 11.6 Å². The summed E-state index contributed by atoms with van der Waals surface area (Å²) in [6.07, 6.45) is 5.18. The van der Waals surface area contributed by atoms with Gasteiger partial charge in [0.05, 0.1) is 12.6 Å². The largest absolute Gasteiger partial charge is 0.394 e. The van der Waals surface area contributed by atoms with Crippen LogP contribution in [0.3, 0.4) is 0 Å². The lowest BCUT2D eigenvalue weighted by atomic mass is 10.0. The normalized spacial score (nSPS) is 19.7. The summed E-state index contributed by atoms with van der Waals surface area (Å²) in [6, 6.07) is 0.163. The molecular weight excluding hydrogens is 240 g/mol. The minimum absolute atomic E-state index is 0.163. The first kappa shape index (κ1) is 14.1. The molecule has 3 N–H and O–H groups in total. The Labute approximate surface area is 114 Å². The van der Waals surface area contributed by atoms with Crippen molar-refractivity contribution in [3.8, 4) is 0 Å². The molecule has 5 heteroatoms. The zero-order chi connectivity index (χ0) is 13.8. The maximum atomic E-state index is 9.54. The van der Waals surface area contributed by atoms with E-state index >= 15 is 0 Å². The van der Waals surface area contributed by atoms with E-state index in [1.54, 1.807) is 0 Å². The number of aromatic nitrogens is 2. The quantitative estimate of drug-likeness (QED) is 0.865. The van der Waals surface area contributed by atoms with Gasteiger partial charge in [-0.15, -0.1) is 0 Å². The van der Waals surface area contributed by atoms with Crippen LogP contribution >= 0.6 is 0 Å². The number of aryl methyl sites for hydroxylation is 1. The van der Waals surface area contributed by atoms with Gasteiger partial charge in [-0.1, -0.05) is 6.92 Å². The second-order valence-electron chi connectivity index (χ2n) is 5.25. The number of nitrogens with two attached hydrogens (primary N) is 1. The third kappa shape index (κ3) is 2.97. The van der Waals surface area contributed by atoms with Gasteiger partial charge < -0.3 is 15.7 Å². The molecule has 2 heterocycles. The molecule has 106 valence electrons. The van der Waals surface area contributed by atoms with Gasteiger partial charge in [0, 0.05) is 18.5 Å². The molecule has 0 spiro atoms. The van der Waals surface area contributed by atoms with Crippen molar-refractivity contribution in [2.24, 2.45) is 0 Å². The second-order valence-corrected chi connectivity index (χ2v) is 5.25. The number of aliphatic hydroxyl groups excluding tert-OH is 1. The molecular formula is C14H24N4O. The highest BCUT2D eigenvalue weighted by atomic mass is 16.3. The number of rotatable bonds is 4. The summed E-state index contributed by atoms with van der Waals surface area (Å²) in [6.45, 7) is 5.18. The molecule has 1 aromatic rings. The Morgan fingerprint density at radius 1 is 1.37 bits per heavy atom. The zero-order valence-corrected chi connectivity index (χ0v) is 11.9. The van der Waals surface area contributed by atoms with Gasteiger partial charge in [-0.2, -0.15) is 0 Å². The standard InChI is InChI=1S/C14H24N4O/c1-3-6-12-16-13(15)10(2)14(17-12)18-8-5-4-7-11(18)9-19/h11,19H,3-9H2,1-2H3,(H2,15,16,17). The Kier molecular flexibility index (Phi) is 4.58. The monoisotopic (exact) mass is 264 g/mol. The van der Waals surface area contributed by atoms with Gasteiger partial charge >= 0.3 is 0 Å². The number of anilines is 2. The summed E-state index contributed by atoms with van der Waals surface area (Å²) in [4.78, 5) is 11.2. The fraction of sp³-hybridized carbons (Fsp3) is 0.714. The molecule has 1 saturated heterocycles. The lowest BCUT2D eigenvalue weighted by Crippen LogP contribution is -2.43. The van der Waals surface area contributed by atoms with Crippen LogP contribution in [-0.4, -0.2) is 34.3 Å². The average Bonchev–Trinajstić information content (AvgIpc) is 2.43. The number of hydrogen-bond acceptors (Lipinski definition) is 5. The first-order valence-electron chi connectivity index (χ1n) is 7.17. The molecule has 1 unspecified atom stereocenters. The predicted molar refractivity (Wildman–Crippen MR) is 77.2 cm³/mol. The summed E-state index contributed by atoms with van der Waals surface area (Å²) in [7, 11) is 0. The Hall–Kier alpha value is -1.36. The third-order valence-electron chi connectivity index (χ3n) is 3.79. The molecule has 2 rings (SSSR count). The maximum Gasteiger partial charge on any atom is 0.137 e. The Morgan fingerprint density at radius 2 is 2.16 bits per heavy atom. The second kappa shape index (κ2) is 6.19. The Bertz CT molecular complexity index is 436.